The zero-order valence-electron chi connectivity index (χ0n) is 10.0. The minimum atomic E-state index is -1.56. The molecule has 0 atom stereocenters. The van der Waals surface area contributed by atoms with Crippen LogP contribution in [0.4, 0.5) is 0 Å². The average molecular weight is 250 g/mol. The van der Waals surface area contributed by atoms with Crippen LogP contribution in [0.2, 0.25) is 39.3 Å². The zero-order valence-corrected chi connectivity index (χ0v) is 13.0. The Morgan fingerprint density at radius 3 is 1.50 bits per heavy atom. The van der Waals surface area contributed by atoms with Crippen LogP contribution < -0.4 is 0 Å². The molecule has 0 fully saturated rings. The van der Waals surface area contributed by atoms with E-state index in [1.807, 2.05) is 0 Å². The van der Waals surface area contributed by atoms with Crippen LogP contribution in [0.25, 0.3) is 0 Å². The quantitative estimate of drug-likeness (QED) is 0.533. The summed E-state index contributed by atoms with van der Waals surface area (Å²) in [4.78, 5) is 0. The van der Waals surface area contributed by atoms with Crippen LogP contribution in [0.3, 0.4) is 0 Å². The summed E-state index contributed by atoms with van der Waals surface area (Å²) in [6.07, 6.45) is -0.231. The van der Waals surface area contributed by atoms with E-state index in [4.69, 9.17) is 13.3 Å². The van der Waals surface area contributed by atoms with Crippen molar-refractivity contribution in [2.45, 2.75) is 45.6 Å². The topological polar surface area (TPSA) is 27.7 Å². The molecule has 0 aliphatic rings. The van der Waals surface area contributed by atoms with Gasteiger partial charge in [-0.05, 0) is 39.3 Å². The second-order valence-electron chi connectivity index (χ2n) is 5.20. The molecule has 0 aromatic heterocycles. The van der Waals surface area contributed by atoms with E-state index in [0.29, 0.717) is 6.61 Å². The molecule has 3 nitrogen and oxygen atoms in total. The molecule has 0 N–H and O–H groups in total. The molecule has 0 saturated carbocycles. The van der Waals surface area contributed by atoms with E-state index in [-0.39, 0.29) is 6.29 Å². The summed E-state index contributed by atoms with van der Waals surface area (Å²) in [6.45, 7) is 13.3. The van der Waals surface area contributed by atoms with Crippen molar-refractivity contribution >= 4 is 27.1 Å². The Balaban J connectivity index is 4.16. The molecule has 3 radical (unpaired) electrons. The molecule has 0 amide bonds. The summed E-state index contributed by atoms with van der Waals surface area (Å²) in [5, 5.41) is 0. The lowest BCUT2D eigenvalue weighted by atomic mass is 10.7. The van der Waals surface area contributed by atoms with Gasteiger partial charge in [-0.15, -0.1) is 0 Å². The first-order chi connectivity index (χ1) is 6.14. The molecule has 0 bridgehead atoms. The van der Waals surface area contributed by atoms with E-state index in [9.17, 15) is 0 Å². The molecule has 14 heavy (non-hydrogen) atoms. The molecule has 83 valence electrons. The summed E-state index contributed by atoms with van der Waals surface area (Å²) in [7, 11) is -0.141. The van der Waals surface area contributed by atoms with Gasteiger partial charge in [-0.3, -0.25) is 0 Å². The Morgan fingerprint density at radius 1 is 0.929 bits per heavy atom. The maximum absolute atomic E-state index is 5.85. The highest BCUT2D eigenvalue weighted by atomic mass is 28.4. The second-order valence-corrected chi connectivity index (χ2v) is 14.4. The van der Waals surface area contributed by atoms with Crippen molar-refractivity contribution in [2.24, 2.45) is 0 Å². The third-order valence-electron chi connectivity index (χ3n) is 1.19. The van der Waals surface area contributed by atoms with Crippen LogP contribution in [0.5, 0.6) is 0 Å². The SMILES string of the molecule is C[Si](C)(C)OC(CO[Si])O[Si](C)(C)C. The fourth-order valence-corrected chi connectivity index (χ4v) is 2.99. The van der Waals surface area contributed by atoms with Crippen LogP contribution >= 0.6 is 0 Å². The van der Waals surface area contributed by atoms with Gasteiger partial charge in [-0.2, -0.15) is 0 Å². The molecule has 0 aromatic rings. The molecule has 0 saturated heterocycles. The molecular weight excluding hydrogens is 228 g/mol. The summed E-state index contributed by atoms with van der Waals surface area (Å²) >= 11 is 0. The predicted octanol–water partition coefficient (Wildman–Crippen LogP) is 2.12. The first-order valence-corrected chi connectivity index (χ1v) is 12.0. The van der Waals surface area contributed by atoms with Crippen LogP contribution in [-0.4, -0.2) is 40.0 Å². The number of rotatable bonds is 6. The molecule has 0 aliphatic carbocycles. The van der Waals surface area contributed by atoms with Crippen molar-refractivity contribution in [3.05, 3.63) is 0 Å². The highest BCUT2D eigenvalue weighted by Gasteiger charge is 2.26. The fourth-order valence-electron chi connectivity index (χ4n) is 0.949. The van der Waals surface area contributed by atoms with Crippen LogP contribution in [0.1, 0.15) is 0 Å². The molecule has 0 aromatic carbocycles. The normalized spacial score (nSPS) is 13.7. The predicted molar refractivity (Wildman–Crippen MR) is 64.4 cm³/mol. The van der Waals surface area contributed by atoms with Crippen LogP contribution in [0.15, 0.2) is 0 Å². The van der Waals surface area contributed by atoms with Gasteiger partial charge in [-0.25, -0.2) is 0 Å². The number of hydrogen-bond acceptors (Lipinski definition) is 3. The van der Waals surface area contributed by atoms with Gasteiger partial charge in [0, 0.05) is 0 Å². The van der Waals surface area contributed by atoms with Crippen molar-refractivity contribution in [1.29, 1.82) is 0 Å². The van der Waals surface area contributed by atoms with Gasteiger partial charge in [0.05, 0.1) is 6.61 Å². The van der Waals surface area contributed by atoms with Gasteiger partial charge >= 0.3 is 0 Å². The van der Waals surface area contributed by atoms with Gasteiger partial charge in [0.25, 0.3) is 0 Å². The molecule has 0 heterocycles. The molecule has 0 aliphatic heterocycles. The van der Waals surface area contributed by atoms with Crippen LogP contribution in [0, 0.1) is 0 Å². The minimum absolute atomic E-state index is 0.231. The summed E-state index contributed by atoms with van der Waals surface area (Å²) in [5.41, 5.74) is 0. The lowest BCUT2D eigenvalue weighted by Crippen LogP contribution is -2.42. The lowest BCUT2D eigenvalue weighted by Gasteiger charge is -2.31. The first kappa shape index (κ1) is 14.5. The first-order valence-electron chi connectivity index (χ1n) is 4.78. The fraction of sp³-hybridized carbons (Fsp3) is 1.00. The van der Waals surface area contributed by atoms with E-state index < -0.39 is 16.6 Å². The van der Waals surface area contributed by atoms with E-state index in [2.05, 4.69) is 49.8 Å². The molecule has 0 unspecified atom stereocenters. The monoisotopic (exact) mass is 249 g/mol. The summed E-state index contributed by atoms with van der Waals surface area (Å²) in [5.74, 6) is 0. The third-order valence-corrected chi connectivity index (χ3v) is 3.30. The Bertz CT molecular complexity index is 146. The highest BCUT2D eigenvalue weighted by molar-refractivity contribution is 6.70. The Kier molecular flexibility index (Phi) is 5.78. The Morgan fingerprint density at radius 2 is 1.29 bits per heavy atom. The van der Waals surface area contributed by atoms with Gasteiger partial charge in [0.2, 0.25) is 10.5 Å². The molecule has 0 spiro atoms. The second kappa shape index (κ2) is 5.57. The minimum Gasteiger partial charge on any atom is -0.414 e. The Labute approximate surface area is 92.9 Å². The average Bonchev–Trinajstić information content (AvgIpc) is 1.78. The van der Waals surface area contributed by atoms with Crippen molar-refractivity contribution in [2.75, 3.05) is 6.61 Å². The lowest BCUT2D eigenvalue weighted by molar-refractivity contribution is -0.0378. The standard InChI is InChI=1S/C8H21O3Si3/c1-13(2,3)10-8(7-9-12)11-14(4,5)6/h8H,7H2,1-6H3. The van der Waals surface area contributed by atoms with E-state index in [1.54, 1.807) is 0 Å². The molecular formula is C8H21O3Si3. The van der Waals surface area contributed by atoms with E-state index in [0.717, 1.165) is 0 Å². The zero-order chi connectivity index (χ0) is 11.4. The van der Waals surface area contributed by atoms with Crippen molar-refractivity contribution < 1.29 is 13.3 Å². The Hall–Kier alpha value is 0.531. The van der Waals surface area contributed by atoms with E-state index in [1.165, 1.54) is 0 Å². The third kappa shape index (κ3) is 9.10. The van der Waals surface area contributed by atoms with Crippen molar-refractivity contribution in [3.8, 4) is 0 Å². The van der Waals surface area contributed by atoms with Gasteiger partial charge in [-0.1, -0.05) is 0 Å². The highest BCUT2D eigenvalue weighted by Crippen LogP contribution is 2.14. The number of hydrogen-bond donors (Lipinski definition) is 0. The van der Waals surface area contributed by atoms with Crippen LogP contribution in [-0.2, 0) is 13.3 Å². The maximum atomic E-state index is 5.85. The summed E-state index contributed by atoms with van der Waals surface area (Å²) < 4.78 is 16.6. The smallest absolute Gasteiger partial charge is 0.246 e. The van der Waals surface area contributed by atoms with E-state index >= 15 is 0 Å². The molecule has 6 heteroatoms. The molecule has 0 rings (SSSR count). The maximum Gasteiger partial charge on any atom is 0.246 e. The van der Waals surface area contributed by atoms with Crippen molar-refractivity contribution in [3.63, 3.8) is 0 Å². The summed E-state index contributed by atoms with van der Waals surface area (Å²) in [6, 6.07) is 0. The largest absolute Gasteiger partial charge is 0.414 e. The van der Waals surface area contributed by atoms with Crippen molar-refractivity contribution in [1.82, 2.24) is 0 Å². The van der Waals surface area contributed by atoms with Gasteiger partial charge in [0.1, 0.15) is 0 Å². The van der Waals surface area contributed by atoms with Gasteiger partial charge < -0.3 is 13.3 Å². The van der Waals surface area contributed by atoms with Gasteiger partial charge in [0.15, 0.2) is 22.9 Å².